The van der Waals surface area contributed by atoms with Gasteiger partial charge in [0.2, 0.25) is 10.0 Å². The van der Waals surface area contributed by atoms with Crippen molar-refractivity contribution in [3.8, 4) is 11.5 Å². The van der Waals surface area contributed by atoms with Gasteiger partial charge in [0.05, 0.1) is 5.75 Å². The molecule has 0 aliphatic heterocycles. The summed E-state index contributed by atoms with van der Waals surface area (Å²) in [5.74, 6) is 1.72. The Kier molecular flexibility index (Phi) is 4.96. The Labute approximate surface area is 168 Å². The fraction of sp³-hybridized carbons (Fsp3) is 0.0952. The summed E-state index contributed by atoms with van der Waals surface area (Å²) in [7, 11) is -3.59. The number of aromatic nitrogens is 2. The smallest absolute Gasteiger partial charge is 0.213 e. The molecule has 148 valence electrons. The van der Waals surface area contributed by atoms with Crippen LogP contribution in [0.25, 0.3) is 10.9 Å². The second kappa shape index (κ2) is 7.57. The number of aromatic amines is 1. The molecule has 0 saturated carbocycles. The topological polar surface area (TPSA) is 110 Å². The van der Waals surface area contributed by atoms with Gasteiger partial charge >= 0.3 is 0 Å². The van der Waals surface area contributed by atoms with E-state index in [-0.39, 0.29) is 5.75 Å². The van der Waals surface area contributed by atoms with E-state index in [1.54, 1.807) is 36.5 Å². The molecule has 0 radical (unpaired) electrons. The highest BCUT2D eigenvalue weighted by atomic mass is 32.2. The molecule has 0 amide bonds. The first-order chi connectivity index (χ1) is 13.8. The van der Waals surface area contributed by atoms with Gasteiger partial charge in [-0.2, -0.15) is 0 Å². The zero-order chi connectivity index (χ0) is 20.4. The van der Waals surface area contributed by atoms with Crippen molar-refractivity contribution < 1.29 is 13.2 Å². The van der Waals surface area contributed by atoms with E-state index in [4.69, 9.17) is 9.88 Å². The molecule has 0 aliphatic carbocycles. The fourth-order valence-electron chi connectivity index (χ4n) is 3.12. The first-order valence-electron chi connectivity index (χ1n) is 8.94. The van der Waals surface area contributed by atoms with Gasteiger partial charge in [-0.25, -0.2) is 18.5 Å². The van der Waals surface area contributed by atoms with Gasteiger partial charge in [-0.15, -0.1) is 0 Å². The Bertz CT molecular complexity index is 1280. The van der Waals surface area contributed by atoms with Crippen LogP contribution >= 0.6 is 0 Å². The molecule has 4 N–H and O–H groups in total. The van der Waals surface area contributed by atoms with Crippen LogP contribution in [0, 0.1) is 6.92 Å². The molecule has 29 heavy (non-hydrogen) atoms. The van der Waals surface area contributed by atoms with Gasteiger partial charge in [-0.05, 0) is 55.0 Å². The molecule has 2 aromatic heterocycles. The first kappa shape index (κ1) is 19.0. The third-order valence-corrected chi connectivity index (χ3v) is 5.00. The van der Waals surface area contributed by atoms with Crippen LogP contribution in [0.2, 0.25) is 0 Å². The van der Waals surface area contributed by atoms with Crippen molar-refractivity contribution in [2.75, 3.05) is 5.32 Å². The molecular formula is C21H20N4O3S. The van der Waals surface area contributed by atoms with Crippen molar-refractivity contribution >= 4 is 32.4 Å². The summed E-state index contributed by atoms with van der Waals surface area (Å²) in [5.41, 5.74) is 3.46. The lowest BCUT2D eigenvalue weighted by Gasteiger charge is -2.10. The van der Waals surface area contributed by atoms with Crippen LogP contribution in [-0.4, -0.2) is 18.4 Å². The van der Waals surface area contributed by atoms with E-state index in [1.807, 2.05) is 31.2 Å². The number of nitrogens with two attached hydrogens (primary N) is 1. The lowest BCUT2D eigenvalue weighted by Crippen LogP contribution is -2.14. The van der Waals surface area contributed by atoms with E-state index in [0.717, 1.165) is 22.3 Å². The van der Waals surface area contributed by atoms with Crippen LogP contribution in [0.1, 0.15) is 11.3 Å². The SMILES string of the molecule is Cc1cc2cc(Oc3ccnc(Nc4cccc(CS(N)(=O)=O)c4)c3)ccc2[nH]1. The summed E-state index contributed by atoms with van der Waals surface area (Å²) in [4.78, 5) is 7.58. The molecule has 0 bridgehead atoms. The van der Waals surface area contributed by atoms with E-state index in [1.165, 1.54) is 0 Å². The molecule has 0 unspecified atom stereocenters. The zero-order valence-electron chi connectivity index (χ0n) is 15.7. The monoisotopic (exact) mass is 408 g/mol. The largest absolute Gasteiger partial charge is 0.457 e. The van der Waals surface area contributed by atoms with Crippen LogP contribution in [0.5, 0.6) is 11.5 Å². The standard InChI is InChI=1S/C21H20N4O3S/c1-14-9-16-11-18(5-6-20(16)24-14)28-19-7-8-23-21(12-19)25-17-4-2-3-15(10-17)13-29(22,26)27/h2-12,24H,13H2,1H3,(H,23,25)(H2,22,26,27). The average Bonchev–Trinajstić information content (AvgIpc) is 3.00. The molecular weight excluding hydrogens is 388 g/mol. The number of anilines is 2. The van der Waals surface area contributed by atoms with Crippen LogP contribution < -0.4 is 15.2 Å². The molecule has 4 aromatic rings. The lowest BCUT2D eigenvalue weighted by atomic mass is 10.2. The Hall–Kier alpha value is -3.36. The quantitative estimate of drug-likeness (QED) is 0.443. The van der Waals surface area contributed by atoms with Gasteiger partial charge in [0.15, 0.2) is 0 Å². The number of sulfonamides is 1. The predicted molar refractivity (Wildman–Crippen MR) is 114 cm³/mol. The molecule has 0 aliphatic rings. The molecule has 0 fully saturated rings. The predicted octanol–water partition coefficient (Wildman–Crippen LogP) is 4.20. The number of primary sulfonamides is 1. The number of pyridine rings is 1. The second-order valence-electron chi connectivity index (χ2n) is 6.81. The van der Waals surface area contributed by atoms with Gasteiger partial charge in [0, 0.05) is 34.5 Å². The number of H-pyrrole nitrogens is 1. The normalized spacial score (nSPS) is 11.5. The highest BCUT2D eigenvalue weighted by Crippen LogP contribution is 2.28. The number of aryl methyl sites for hydroxylation is 1. The van der Waals surface area contributed by atoms with Crippen molar-refractivity contribution in [1.82, 2.24) is 9.97 Å². The molecule has 2 aromatic carbocycles. The highest BCUT2D eigenvalue weighted by molar-refractivity contribution is 7.88. The number of rotatable bonds is 6. The van der Waals surface area contributed by atoms with Gasteiger partial charge < -0.3 is 15.0 Å². The van der Waals surface area contributed by atoms with E-state index in [0.29, 0.717) is 22.8 Å². The van der Waals surface area contributed by atoms with E-state index < -0.39 is 10.0 Å². The van der Waals surface area contributed by atoms with Crippen molar-refractivity contribution in [1.29, 1.82) is 0 Å². The van der Waals surface area contributed by atoms with Crippen LogP contribution in [0.4, 0.5) is 11.5 Å². The van der Waals surface area contributed by atoms with Crippen molar-refractivity contribution in [2.24, 2.45) is 5.14 Å². The van der Waals surface area contributed by atoms with Gasteiger partial charge in [-0.3, -0.25) is 0 Å². The third kappa shape index (κ3) is 4.92. The number of fused-ring (bicyclic) bond motifs is 1. The summed E-state index contributed by atoms with van der Waals surface area (Å²) in [5, 5.41) is 9.36. The summed E-state index contributed by atoms with van der Waals surface area (Å²) >= 11 is 0. The summed E-state index contributed by atoms with van der Waals surface area (Å²) in [6.07, 6.45) is 1.64. The molecule has 0 atom stereocenters. The number of ether oxygens (including phenoxy) is 1. The zero-order valence-corrected chi connectivity index (χ0v) is 16.5. The van der Waals surface area contributed by atoms with Crippen molar-refractivity contribution in [2.45, 2.75) is 12.7 Å². The molecule has 4 rings (SSSR count). The number of nitrogens with zero attached hydrogens (tertiary/aromatic N) is 1. The Balaban J connectivity index is 1.52. The maximum absolute atomic E-state index is 11.3. The fourth-order valence-corrected chi connectivity index (χ4v) is 3.76. The van der Waals surface area contributed by atoms with Gasteiger partial charge in [0.25, 0.3) is 0 Å². The summed E-state index contributed by atoms with van der Waals surface area (Å²) in [6.45, 7) is 2.01. The van der Waals surface area contributed by atoms with Crippen LogP contribution in [-0.2, 0) is 15.8 Å². The minimum Gasteiger partial charge on any atom is -0.457 e. The maximum atomic E-state index is 11.3. The molecule has 0 saturated heterocycles. The number of nitrogens with one attached hydrogen (secondary N) is 2. The second-order valence-corrected chi connectivity index (χ2v) is 8.43. The van der Waals surface area contributed by atoms with E-state index in [9.17, 15) is 8.42 Å². The minimum atomic E-state index is -3.59. The Morgan fingerprint density at radius 2 is 1.90 bits per heavy atom. The van der Waals surface area contributed by atoms with E-state index in [2.05, 4.69) is 21.4 Å². The van der Waals surface area contributed by atoms with Crippen molar-refractivity contribution in [3.05, 3.63) is 78.1 Å². The van der Waals surface area contributed by atoms with Gasteiger partial charge in [0.1, 0.15) is 17.3 Å². The maximum Gasteiger partial charge on any atom is 0.213 e. The summed E-state index contributed by atoms with van der Waals surface area (Å²) < 4.78 is 28.6. The Morgan fingerprint density at radius 3 is 2.72 bits per heavy atom. The van der Waals surface area contributed by atoms with E-state index >= 15 is 0 Å². The lowest BCUT2D eigenvalue weighted by molar-refractivity contribution is 0.483. The van der Waals surface area contributed by atoms with Crippen molar-refractivity contribution in [3.63, 3.8) is 0 Å². The Morgan fingerprint density at radius 1 is 1.07 bits per heavy atom. The minimum absolute atomic E-state index is 0.222. The summed E-state index contributed by atoms with van der Waals surface area (Å²) in [6, 6.07) is 18.5. The number of hydrogen-bond acceptors (Lipinski definition) is 5. The van der Waals surface area contributed by atoms with Crippen LogP contribution in [0.15, 0.2) is 66.9 Å². The highest BCUT2D eigenvalue weighted by Gasteiger charge is 2.07. The van der Waals surface area contributed by atoms with Crippen LogP contribution in [0.3, 0.4) is 0 Å². The molecule has 8 heteroatoms. The third-order valence-electron chi connectivity index (χ3n) is 4.26. The molecule has 0 spiro atoms. The molecule has 7 nitrogen and oxygen atoms in total. The number of benzene rings is 2. The van der Waals surface area contributed by atoms with Gasteiger partial charge in [-0.1, -0.05) is 12.1 Å². The average molecular weight is 408 g/mol. The first-order valence-corrected chi connectivity index (χ1v) is 10.7. The molecule has 2 heterocycles. The number of hydrogen-bond donors (Lipinski definition) is 3.